The molecule has 2 aliphatic rings. The number of nitrogens with zero attached hydrogens (tertiary/aromatic N) is 4. The molecule has 0 saturated heterocycles. The zero-order valence-electron chi connectivity index (χ0n) is 18.1. The average molecular weight is 422 g/mol. The van der Waals surface area contributed by atoms with Crippen molar-refractivity contribution >= 4 is 16.9 Å². The normalized spacial score (nSPS) is 17.7. The molecule has 0 atom stereocenters. The maximum Gasteiger partial charge on any atom is 0.226 e. The van der Waals surface area contributed by atoms with E-state index in [0.29, 0.717) is 18.9 Å². The minimum Gasteiger partial charge on any atom is -0.354 e. The second-order valence-corrected chi connectivity index (χ2v) is 9.11. The molecule has 0 unspecified atom stereocenters. The zero-order chi connectivity index (χ0) is 21.0. The van der Waals surface area contributed by atoms with Gasteiger partial charge in [0.25, 0.3) is 0 Å². The van der Waals surface area contributed by atoms with Crippen LogP contribution in [0.3, 0.4) is 0 Å². The van der Waals surface area contributed by atoms with Crippen LogP contribution in [0, 0.1) is 11.8 Å². The topological polar surface area (TPSA) is 85.8 Å². The fraction of sp³-hybridized carbons (Fsp3) is 0.583. The van der Waals surface area contributed by atoms with Crippen molar-refractivity contribution in [3.05, 3.63) is 30.4 Å². The van der Waals surface area contributed by atoms with E-state index in [0.717, 1.165) is 54.1 Å². The second kappa shape index (κ2) is 9.20. The Labute approximate surface area is 182 Å². The van der Waals surface area contributed by atoms with Crippen LogP contribution in [0.2, 0.25) is 0 Å². The summed E-state index contributed by atoms with van der Waals surface area (Å²) in [7, 11) is 0. The summed E-state index contributed by atoms with van der Waals surface area (Å²) < 4.78 is 7.57. The highest BCUT2D eigenvalue weighted by molar-refractivity contribution is 5.81. The molecule has 1 N–H and O–H groups in total. The second-order valence-electron chi connectivity index (χ2n) is 9.11. The van der Waals surface area contributed by atoms with E-state index in [4.69, 9.17) is 4.52 Å². The summed E-state index contributed by atoms with van der Waals surface area (Å²) in [6, 6.07) is 6.07. The van der Waals surface area contributed by atoms with E-state index in [1.807, 2.05) is 24.5 Å². The molecule has 5 rings (SSSR count). The monoisotopic (exact) mass is 421 g/mol. The van der Waals surface area contributed by atoms with Crippen LogP contribution in [0.15, 0.2) is 29.0 Å². The largest absolute Gasteiger partial charge is 0.354 e. The minimum atomic E-state index is 0.199. The van der Waals surface area contributed by atoms with Crippen molar-refractivity contribution in [1.29, 1.82) is 0 Å². The first-order valence-corrected chi connectivity index (χ1v) is 11.8. The van der Waals surface area contributed by atoms with E-state index in [1.165, 1.54) is 38.5 Å². The van der Waals surface area contributed by atoms with Gasteiger partial charge >= 0.3 is 0 Å². The third-order valence-electron chi connectivity index (χ3n) is 6.97. The molecule has 1 aromatic carbocycles. The summed E-state index contributed by atoms with van der Waals surface area (Å²) in [6.45, 7) is 1.33. The molecule has 2 saturated carbocycles. The first-order chi connectivity index (χ1) is 15.3. The number of aryl methyl sites for hydroxylation is 1. The molecule has 0 aliphatic heterocycles. The van der Waals surface area contributed by atoms with E-state index < -0.39 is 0 Å². The number of benzene rings is 1. The number of rotatable bonds is 8. The molecule has 7 nitrogen and oxygen atoms in total. The zero-order valence-corrected chi connectivity index (χ0v) is 18.1. The van der Waals surface area contributed by atoms with Crippen molar-refractivity contribution < 1.29 is 9.32 Å². The predicted octanol–water partition coefficient (Wildman–Crippen LogP) is 4.52. The number of aromatic nitrogens is 4. The van der Waals surface area contributed by atoms with Gasteiger partial charge in [-0.15, -0.1) is 0 Å². The Kier molecular flexibility index (Phi) is 6.00. The van der Waals surface area contributed by atoms with Crippen molar-refractivity contribution in [2.75, 3.05) is 6.54 Å². The molecular weight excluding hydrogens is 390 g/mol. The molecule has 2 heterocycles. The Bertz CT molecular complexity index is 1030. The smallest absolute Gasteiger partial charge is 0.226 e. The van der Waals surface area contributed by atoms with Gasteiger partial charge in [-0.2, -0.15) is 4.98 Å². The molecule has 164 valence electrons. The third-order valence-corrected chi connectivity index (χ3v) is 6.97. The summed E-state index contributed by atoms with van der Waals surface area (Å²) in [5.41, 5.74) is 2.86. The van der Waals surface area contributed by atoms with Gasteiger partial charge in [-0.1, -0.05) is 43.7 Å². The maximum atomic E-state index is 12.2. The summed E-state index contributed by atoms with van der Waals surface area (Å²) in [5, 5.41) is 7.26. The fourth-order valence-corrected chi connectivity index (χ4v) is 5.11. The van der Waals surface area contributed by atoms with Crippen LogP contribution in [-0.4, -0.2) is 32.1 Å². The first-order valence-electron chi connectivity index (χ1n) is 11.8. The van der Waals surface area contributed by atoms with Crippen LogP contribution in [0.1, 0.15) is 63.7 Å². The standard InChI is InChI=1S/C24H31N5O2/c30-24(18-7-3-4-8-18)25-13-14-29-16-26-20-15-19(10-11-21(20)29)23-27-22(31-28-23)12-9-17-5-1-2-6-17/h10-11,15-18H,1-9,12-14H2,(H,25,30). The molecule has 0 spiro atoms. The minimum absolute atomic E-state index is 0.199. The molecule has 2 aromatic heterocycles. The molecular formula is C24H31N5O2. The number of amides is 1. The molecule has 0 bridgehead atoms. The number of hydrogen-bond acceptors (Lipinski definition) is 5. The molecule has 31 heavy (non-hydrogen) atoms. The van der Waals surface area contributed by atoms with Crippen molar-refractivity contribution in [2.45, 2.75) is 70.8 Å². The Balaban J connectivity index is 1.19. The van der Waals surface area contributed by atoms with Gasteiger partial charge in [0.15, 0.2) is 0 Å². The van der Waals surface area contributed by atoms with Gasteiger partial charge in [0, 0.05) is 31.0 Å². The van der Waals surface area contributed by atoms with Gasteiger partial charge in [0.05, 0.1) is 17.4 Å². The Hall–Kier alpha value is -2.70. The lowest BCUT2D eigenvalue weighted by Gasteiger charge is -2.11. The number of imidazole rings is 1. The highest BCUT2D eigenvalue weighted by atomic mass is 16.5. The van der Waals surface area contributed by atoms with Crippen molar-refractivity contribution in [2.24, 2.45) is 11.8 Å². The van der Waals surface area contributed by atoms with Gasteiger partial charge in [-0.05, 0) is 43.4 Å². The average Bonchev–Trinajstić information content (AvgIpc) is 3.59. The molecule has 2 fully saturated rings. The van der Waals surface area contributed by atoms with Crippen LogP contribution in [0.5, 0.6) is 0 Å². The quantitative estimate of drug-likeness (QED) is 0.578. The number of nitrogens with one attached hydrogen (secondary N) is 1. The van der Waals surface area contributed by atoms with Crippen LogP contribution >= 0.6 is 0 Å². The van der Waals surface area contributed by atoms with Crippen molar-refractivity contribution in [3.63, 3.8) is 0 Å². The molecule has 3 aromatic rings. The summed E-state index contributed by atoms with van der Waals surface area (Å²) in [6.07, 6.45) is 13.6. The van der Waals surface area contributed by atoms with Gasteiger partial charge < -0.3 is 14.4 Å². The lowest BCUT2D eigenvalue weighted by Crippen LogP contribution is -2.31. The van der Waals surface area contributed by atoms with Gasteiger partial charge in [0.1, 0.15) is 0 Å². The van der Waals surface area contributed by atoms with Crippen LogP contribution in [0.4, 0.5) is 0 Å². The van der Waals surface area contributed by atoms with Gasteiger partial charge in [-0.3, -0.25) is 4.79 Å². The van der Waals surface area contributed by atoms with Gasteiger partial charge in [0.2, 0.25) is 17.6 Å². The number of fused-ring (bicyclic) bond motifs is 1. The first kappa shape index (κ1) is 20.2. The number of hydrogen-bond donors (Lipinski definition) is 1. The molecule has 1 amide bonds. The Morgan fingerprint density at radius 1 is 1.13 bits per heavy atom. The molecule has 0 radical (unpaired) electrons. The van der Waals surface area contributed by atoms with Crippen LogP contribution in [-0.2, 0) is 17.8 Å². The Morgan fingerprint density at radius 3 is 2.77 bits per heavy atom. The van der Waals surface area contributed by atoms with Crippen molar-refractivity contribution in [3.8, 4) is 11.4 Å². The summed E-state index contributed by atoms with van der Waals surface area (Å²) in [4.78, 5) is 21.3. The van der Waals surface area contributed by atoms with E-state index in [1.54, 1.807) is 0 Å². The number of carbonyl (C=O) groups excluding carboxylic acids is 1. The van der Waals surface area contributed by atoms with Crippen LogP contribution in [0.25, 0.3) is 22.4 Å². The SMILES string of the molecule is O=C(NCCn1cnc2cc(-c3noc(CCC4CCCC4)n3)ccc21)C1CCCC1. The third kappa shape index (κ3) is 4.65. The predicted molar refractivity (Wildman–Crippen MR) is 118 cm³/mol. The van der Waals surface area contributed by atoms with E-state index >= 15 is 0 Å². The Morgan fingerprint density at radius 2 is 1.94 bits per heavy atom. The number of carbonyl (C=O) groups is 1. The van der Waals surface area contributed by atoms with Crippen molar-refractivity contribution in [1.82, 2.24) is 25.0 Å². The summed E-state index contributed by atoms with van der Waals surface area (Å²) >= 11 is 0. The molecule has 7 heteroatoms. The maximum absolute atomic E-state index is 12.2. The van der Waals surface area contributed by atoms with E-state index in [9.17, 15) is 4.79 Å². The lowest BCUT2D eigenvalue weighted by molar-refractivity contribution is -0.124. The van der Waals surface area contributed by atoms with E-state index in [2.05, 4.69) is 25.0 Å². The van der Waals surface area contributed by atoms with E-state index in [-0.39, 0.29) is 11.8 Å². The highest BCUT2D eigenvalue weighted by Crippen LogP contribution is 2.29. The lowest BCUT2D eigenvalue weighted by atomic mass is 10.0. The summed E-state index contributed by atoms with van der Waals surface area (Å²) in [5.74, 6) is 2.58. The molecule has 2 aliphatic carbocycles. The fourth-order valence-electron chi connectivity index (χ4n) is 5.11. The van der Waals surface area contributed by atoms with Gasteiger partial charge in [-0.25, -0.2) is 4.98 Å². The highest BCUT2D eigenvalue weighted by Gasteiger charge is 2.22. The van der Waals surface area contributed by atoms with Crippen LogP contribution < -0.4 is 5.32 Å².